The molecule has 22 aromatic carbocycles. The normalized spacial score (nSPS) is 12.7. The SMILES string of the molecule is c1ccc2c(-n3c4ccc5oc6cccc7c6c5c4c4c3ccc3c5ccccc5n7c34)cc(-c3nc(-c4ccc5c(c4)c4ccccc4n5-c4ccc(-c5ccc(-c6cc7oc8ccc9c%10c8c7c(c6)n6c7ccccc7c7ccc(c%10c76)n9-c6ccc(-c7nc(-c8cccc9sc%10ccccc%10c89)c8ccc9ccccc9c8n7)c7ccccc67)cc5)cc4)c4ccc5ccccc5c4n3)cc2c1. The molecule has 12 heterocycles. The second kappa shape index (κ2) is 26.7. The summed E-state index contributed by atoms with van der Waals surface area (Å²) in [5.74, 6) is 1.33. The van der Waals surface area contributed by atoms with E-state index in [-0.39, 0.29) is 0 Å². The number of para-hydroxylation sites is 3. The summed E-state index contributed by atoms with van der Waals surface area (Å²) in [6.45, 7) is 0. The highest BCUT2D eigenvalue weighted by molar-refractivity contribution is 7.26. The predicted molar refractivity (Wildman–Crippen MR) is 582 cm³/mol. The van der Waals surface area contributed by atoms with Gasteiger partial charge < -0.3 is 31.3 Å². The van der Waals surface area contributed by atoms with Crippen LogP contribution in [-0.2, 0) is 0 Å². The van der Waals surface area contributed by atoms with E-state index in [1.165, 1.54) is 79.8 Å². The standard InChI is InChI=1S/C128H67N9O2S/c1-5-23-79-71(19-1)45-50-91-121(129-127(130-122(79)91)76-63-73-21-3-4-22-78(73)104(66-76)135-101-60-61-107-119-113-99(35-18-36-106(113)138-107)136-95-33-14-9-27-83(95)86-53-58-103(135)118(116(101)119)125(86)136)74-47-55-98-93(64-74)85-29-11-13-32-94(85)133(98)77-48-43-69(44-49-77)68-39-41-70(42-40-68)75-65-105-114-109(67-75)139-108-62-59-100-115(120(108)114)117-102(57-52-87-84-28-10-15-34-96(84)137(105)126(87)117)134(100)97-56-54-88(81-25-7-8-26-82(81)97)128-131-123-80-24-6-2-20-72(80)46-51-92(123)124(132-128)90-31-17-38-111-112(90)89-30-12-16-37-110(89)140-111/h1-67H. The Morgan fingerprint density at radius 2 is 0.686 bits per heavy atom. The number of aromatic nitrogens is 9. The van der Waals surface area contributed by atoms with Gasteiger partial charge in [-0.25, -0.2) is 19.9 Å². The zero-order valence-corrected chi connectivity index (χ0v) is 75.2. The Balaban J connectivity index is 0.480. The van der Waals surface area contributed by atoms with E-state index in [0.717, 1.165) is 242 Å². The molecular formula is C128H67N9O2S. The van der Waals surface area contributed by atoms with Crippen LogP contribution < -0.4 is 0 Å². The van der Waals surface area contributed by atoms with Crippen molar-refractivity contribution in [3.63, 3.8) is 0 Å². The number of thiophene rings is 1. The molecule has 12 aromatic heterocycles. The lowest BCUT2D eigenvalue weighted by molar-refractivity contribution is 0.669. The van der Waals surface area contributed by atoms with Crippen molar-refractivity contribution in [3.05, 3.63) is 406 Å². The van der Waals surface area contributed by atoms with Crippen molar-refractivity contribution in [1.82, 2.24) is 42.4 Å². The van der Waals surface area contributed by atoms with Gasteiger partial charge in [0.1, 0.15) is 22.3 Å². The zero-order valence-electron chi connectivity index (χ0n) is 74.4. The van der Waals surface area contributed by atoms with E-state index in [9.17, 15) is 0 Å². The van der Waals surface area contributed by atoms with Crippen LogP contribution in [0.5, 0.6) is 0 Å². The van der Waals surface area contributed by atoms with Crippen LogP contribution >= 0.6 is 11.3 Å². The van der Waals surface area contributed by atoms with Gasteiger partial charge in [0, 0.05) is 145 Å². The van der Waals surface area contributed by atoms with Crippen LogP contribution in [-0.4, -0.2) is 42.4 Å². The van der Waals surface area contributed by atoms with Gasteiger partial charge in [0.05, 0.1) is 111 Å². The molecule has 0 radical (unpaired) electrons. The molecule has 0 aliphatic rings. The zero-order chi connectivity index (χ0) is 90.4. The molecule has 0 amide bonds. The third-order valence-corrected chi connectivity index (χ3v) is 32.2. The Labute approximate surface area is 796 Å². The summed E-state index contributed by atoms with van der Waals surface area (Å²) in [4.78, 5) is 22.9. The fraction of sp³-hybridized carbons (Fsp3) is 0. The fourth-order valence-corrected chi connectivity index (χ4v) is 26.3. The minimum Gasteiger partial charge on any atom is -0.456 e. The van der Waals surface area contributed by atoms with Crippen molar-refractivity contribution < 1.29 is 8.83 Å². The fourth-order valence-electron chi connectivity index (χ4n) is 25.2. The van der Waals surface area contributed by atoms with Crippen molar-refractivity contribution in [3.8, 4) is 84.6 Å². The first kappa shape index (κ1) is 73.8. The molecule has 34 rings (SSSR count). The monoisotopic (exact) mass is 1790 g/mol. The topological polar surface area (TPSA) is 101 Å². The quantitative estimate of drug-likeness (QED) is 0.133. The van der Waals surface area contributed by atoms with Crippen molar-refractivity contribution in [2.24, 2.45) is 0 Å². The molecular weight excluding hydrogens is 1730 g/mol. The van der Waals surface area contributed by atoms with Gasteiger partial charge >= 0.3 is 0 Å². The number of furan rings is 2. The number of rotatable bonds is 9. The highest BCUT2D eigenvalue weighted by Gasteiger charge is 2.33. The van der Waals surface area contributed by atoms with Crippen LogP contribution in [0.1, 0.15) is 0 Å². The van der Waals surface area contributed by atoms with E-state index in [1.54, 1.807) is 0 Å². The first-order chi connectivity index (χ1) is 69.4. The van der Waals surface area contributed by atoms with Crippen molar-refractivity contribution in [1.29, 1.82) is 0 Å². The van der Waals surface area contributed by atoms with Crippen LogP contribution in [0.15, 0.2) is 415 Å². The predicted octanol–water partition coefficient (Wildman–Crippen LogP) is 34.5. The molecule has 0 unspecified atom stereocenters. The summed E-state index contributed by atoms with van der Waals surface area (Å²) in [6.07, 6.45) is 0. The molecule has 0 bridgehead atoms. The summed E-state index contributed by atoms with van der Waals surface area (Å²) in [7, 11) is 0. The van der Waals surface area contributed by atoms with Gasteiger partial charge in [-0.15, -0.1) is 11.3 Å². The first-order valence-electron chi connectivity index (χ1n) is 47.8. The minimum absolute atomic E-state index is 0.649. The molecule has 140 heavy (non-hydrogen) atoms. The molecule has 0 N–H and O–H groups in total. The Kier molecular flexibility index (Phi) is 14.1. The van der Waals surface area contributed by atoms with E-state index in [2.05, 4.69) is 429 Å². The van der Waals surface area contributed by atoms with E-state index in [1.807, 2.05) is 11.3 Å². The summed E-state index contributed by atoms with van der Waals surface area (Å²) in [6, 6.07) is 149. The van der Waals surface area contributed by atoms with Crippen molar-refractivity contribution in [2.75, 3.05) is 0 Å². The van der Waals surface area contributed by atoms with Gasteiger partial charge in [-0.1, -0.05) is 255 Å². The molecule has 0 atom stereocenters. The van der Waals surface area contributed by atoms with Crippen LogP contribution in [0.25, 0.3) is 334 Å². The molecule has 0 spiro atoms. The van der Waals surface area contributed by atoms with Gasteiger partial charge in [0.25, 0.3) is 0 Å². The number of benzene rings is 22. The molecule has 0 saturated carbocycles. The molecule has 642 valence electrons. The highest BCUT2D eigenvalue weighted by atomic mass is 32.1. The van der Waals surface area contributed by atoms with Crippen molar-refractivity contribution >= 4 is 260 Å². The summed E-state index contributed by atoms with van der Waals surface area (Å²) < 4.78 is 29.0. The Bertz CT molecular complexity index is 11500. The number of nitrogens with zero attached hydrogens (tertiary/aromatic N) is 9. The van der Waals surface area contributed by atoms with E-state index >= 15 is 0 Å². The Morgan fingerprint density at radius 3 is 1.39 bits per heavy atom. The maximum absolute atomic E-state index is 7.24. The largest absolute Gasteiger partial charge is 0.456 e. The highest BCUT2D eigenvalue weighted by Crippen LogP contribution is 2.55. The molecule has 34 aromatic rings. The summed E-state index contributed by atoms with van der Waals surface area (Å²) in [5, 5.41) is 29.7. The average Bonchev–Trinajstić information content (AvgIpc) is 1.51. The lowest BCUT2D eigenvalue weighted by Crippen LogP contribution is -2.00. The Hall–Kier alpha value is -18.6. The molecule has 0 fully saturated rings. The smallest absolute Gasteiger partial charge is 0.161 e. The lowest BCUT2D eigenvalue weighted by atomic mass is 9.97. The molecule has 11 nitrogen and oxygen atoms in total. The van der Waals surface area contributed by atoms with Gasteiger partial charge in [-0.2, -0.15) is 0 Å². The molecule has 0 saturated heterocycles. The molecule has 0 aliphatic carbocycles. The summed E-state index contributed by atoms with van der Waals surface area (Å²) in [5.41, 5.74) is 32.3. The maximum atomic E-state index is 7.24. The van der Waals surface area contributed by atoms with Gasteiger partial charge in [0.15, 0.2) is 11.6 Å². The first-order valence-corrected chi connectivity index (χ1v) is 48.6. The number of hydrogen-bond donors (Lipinski definition) is 0. The molecule has 12 heteroatoms. The second-order valence-corrected chi connectivity index (χ2v) is 39.1. The number of hydrogen-bond acceptors (Lipinski definition) is 7. The van der Waals surface area contributed by atoms with Crippen LogP contribution in [0.3, 0.4) is 0 Å². The van der Waals surface area contributed by atoms with Crippen LogP contribution in [0.4, 0.5) is 0 Å². The van der Waals surface area contributed by atoms with Gasteiger partial charge in [-0.3, -0.25) is 0 Å². The third-order valence-electron chi connectivity index (χ3n) is 31.1. The Morgan fingerprint density at radius 1 is 0.200 bits per heavy atom. The lowest BCUT2D eigenvalue weighted by Gasteiger charge is -2.16. The van der Waals surface area contributed by atoms with Crippen LogP contribution in [0, 0.1) is 0 Å². The van der Waals surface area contributed by atoms with Crippen LogP contribution in [0.2, 0.25) is 0 Å². The van der Waals surface area contributed by atoms with E-state index in [0.29, 0.717) is 11.6 Å². The second-order valence-electron chi connectivity index (χ2n) is 38.0. The van der Waals surface area contributed by atoms with Gasteiger partial charge in [-0.05, 0) is 195 Å². The molecule has 0 aliphatic heterocycles. The minimum atomic E-state index is 0.649. The van der Waals surface area contributed by atoms with Gasteiger partial charge in [0.2, 0.25) is 0 Å². The average molecular weight is 1800 g/mol. The number of fused-ring (bicyclic) bond motifs is 22. The third kappa shape index (κ3) is 9.60. The van der Waals surface area contributed by atoms with E-state index in [4.69, 9.17) is 28.8 Å². The van der Waals surface area contributed by atoms with Crippen molar-refractivity contribution in [2.45, 2.75) is 0 Å². The van der Waals surface area contributed by atoms with E-state index < -0.39 is 0 Å². The summed E-state index contributed by atoms with van der Waals surface area (Å²) >= 11 is 1.83. The maximum Gasteiger partial charge on any atom is 0.161 e.